The van der Waals surface area contributed by atoms with Gasteiger partial charge >= 0.3 is 6.18 Å². The Kier molecular flexibility index (Phi) is 7.33. The summed E-state index contributed by atoms with van der Waals surface area (Å²) in [6.45, 7) is 1.49. The van der Waals surface area contributed by atoms with Gasteiger partial charge in [0.25, 0.3) is 0 Å². The summed E-state index contributed by atoms with van der Waals surface area (Å²) in [7, 11) is 1.96. The zero-order chi connectivity index (χ0) is 25.0. The Morgan fingerprint density at radius 2 is 1.40 bits per heavy atom. The zero-order valence-corrected chi connectivity index (χ0v) is 19.1. The molecular formula is C27H25F4N3O. The van der Waals surface area contributed by atoms with Crippen LogP contribution in [0.15, 0.2) is 79.0 Å². The summed E-state index contributed by atoms with van der Waals surface area (Å²) >= 11 is 0. The molecule has 0 aliphatic carbocycles. The smallest absolute Gasteiger partial charge is 0.388 e. The largest absolute Gasteiger partial charge is 0.416 e. The fraction of sp³-hybridized carbons (Fsp3) is 0.222. The third kappa shape index (κ3) is 6.15. The van der Waals surface area contributed by atoms with Crippen LogP contribution in [0.3, 0.4) is 0 Å². The van der Waals surface area contributed by atoms with Crippen LogP contribution in [0.1, 0.15) is 28.2 Å². The van der Waals surface area contributed by atoms with Crippen molar-refractivity contribution >= 4 is 0 Å². The number of alkyl halides is 3. The Morgan fingerprint density at radius 3 is 1.97 bits per heavy atom. The number of aliphatic hydroxyl groups excluding tert-OH is 1. The van der Waals surface area contributed by atoms with Gasteiger partial charge in [-0.3, -0.25) is 4.90 Å². The van der Waals surface area contributed by atoms with Crippen molar-refractivity contribution in [2.45, 2.75) is 32.4 Å². The molecule has 0 atom stereocenters. The van der Waals surface area contributed by atoms with E-state index < -0.39 is 11.7 Å². The number of benzene rings is 3. The molecule has 4 nitrogen and oxygen atoms in total. The molecule has 0 saturated heterocycles. The predicted octanol–water partition coefficient (Wildman–Crippen LogP) is 5.88. The molecule has 4 rings (SSSR count). The number of aromatic nitrogens is 2. The van der Waals surface area contributed by atoms with Crippen molar-refractivity contribution in [3.63, 3.8) is 0 Å². The van der Waals surface area contributed by atoms with Gasteiger partial charge in [-0.25, -0.2) is 9.37 Å². The first-order valence-corrected chi connectivity index (χ1v) is 11.1. The average molecular weight is 484 g/mol. The minimum absolute atomic E-state index is 0.203. The van der Waals surface area contributed by atoms with Crippen molar-refractivity contribution in [3.05, 3.63) is 113 Å². The van der Waals surface area contributed by atoms with Gasteiger partial charge < -0.3 is 9.67 Å². The average Bonchev–Trinajstić information content (AvgIpc) is 3.21. The highest BCUT2D eigenvalue weighted by Crippen LogP contribution is 2.31. The van der Waals surface area contributed by atoms with E-state index in [2.05, 4.69) is 9.88 Å². The van der Waals surface area contributed by atoms with E-state index >= 15 is 0 Å². The van der Waals surface area contributed by atoms with Gasteiger partial charge in [-0.05, 0) is 53.6 Å². The first-order valence-electron chi connectivity index (χ1n) is 11.1. The fourth-order valence-electron chi connectivity index (χ4n) is 3.97. The van der Waals surface area contributed by atoms with E-state index in [1.807, 2.05) is 35.9 Å². The third-order valence-corrected chi connectivity index (χ3v) is 5.80. The molecular weight excluding hydrogens is 458 g/mol. The first-order chi connectivity index (χ1) is 16.7. The third-order valence-electron chi connectivity index (χ3n) is 5.80. The van der Waals surface area contributed by atoms with Gasteiger partial charge in [0.05, 0.1) is 11.3 Å². The zero-order valence-electron chi connectivity index (χ0n) is 19.1. The molecule has 3 aromatic carbocycles. The predicted molar refractivity (Wildman–Crippen MR) is 126 cm³/mol. The molecule has 0 saturated carbocycles. The number of nitrogens with zero attached hydrogens (tertiary/aromatic N) is 3. The molecule has 1 N–H and O–H groups in total. The summed E-state index contributed by atoms with van der Waals surface area (Å²) in [5.74, 6) is 0.272. The van der Waals surface area contributed by atoms with Crippen molar-refractivity contribution in [2.24, 2.45) is 0 Å². The summed E-state index contributed by atoms with van der Waals surface area (Å²) in [5.41, 5.74) is 3.72. The minimum atomic E-state index is -4.36. The molecule has 8 heteroatoms. The molecule has 182 valence electrons. The van der Waals surface area contributed by atoms with E-state index in [9.17, 15) is 22.7 Å². The van der Waals surface area contributed by atoms with Gasteiger partial charge in [-0.1, -0.05) is 48.5 Å². The molecule has 0 fully saturated rings. The lowest BCUT2D eigenvalue weighted by Gasteiger charge is -2.19. The lowest BCUT2D eigenvalue weighted by atomic mass is 10.0. The molecule has 35 heavy (non-hydrogen) atoms. The van der Waals surface area contributed by atoms with E-state index in [-0.39, 0.29) is 12.4 Å². The molecule has 1 aromatic heterocycles. The molecule has 0 aliphatic heterocycles. The van der Waals surface area contributed by atoms with Crippen LogP contribution >= 0.6 is 0 Å². The topological polar surface area (TPSA) is 41.3 Å². The Labute approximate surface area is 201 Å². The maximum Gasteiger partial charge on any atom is 0.416 e. The van der Waals surface area contributed by atoms with Crippen molar-refractivity contribution < 1.29 is 22.7 Å². The minimum Gasteiger partial charge on any atom is -0.388 e. The number of rotatable bonds is 8. The van der Waals surface area contributed by atoms with Crippen LogP contribution in [0.5, 0.6) is 0 Å². The van der Waals surface area contributed by atoms with Gasteiger partial charge in [-0.15, -0.1) is 0 Å². The summed E-state index contributed by atoms with van der Waals surface area (Å²) in [6.07, 6.45) is -2.62. The van der Waals surface area contributed by atoms with Crippen LogP contribution < -0.4 is 0 Å². The molecule has 4 aromatic rings. The lowest BCUT2D eigenvalue weighted by molar-refractivity contribution is -0.137. The van der Waals surface area contributed by atoms with Crippen molar-refractivity contribution in [1.29, 1.82) is 0 Å². The van der Waals surface area contributed by atoms with E-state index in [0.717, 1.165) is 34.5 Å². The second-order valence-corrected chi connectivity index (χ2v) is 8.48. The van der Waals surface area contributed by atoms with Gasteiger partial charge in [0.15, 0.2) is 0 Å². The van der Waals surface area contributed by atoms with E-state index in [1.165, 1.54) is 24.3 Å². The lowest BCUT2D eigenvalue weighted by Crippen LogP contribution is -2.20. The SMILES string of the molecule is CN(Cc1ccc(F)cc1)Cc1cnc(CO)n1Cc1ccc(-c2ccc(C(F)(F)F)cc2)cc1. The first kappa shape index (κ1) is 24.6. The van der Waals surface area contributed by atoms with Crippen molar-refractivity contribution in [3.8, 4) is 11.1 Å². The Hall–Kier alpha value is -3.49. The second kappa shape index (κ2) is 10.4. The van der Waals surface area contributed by atoms with Gasteiger partial charge in [0.1, 0.15) is 18.2 Å². The van der Waals surface area contributed by atoms with E-state index in [1.54, 1.807) is 18.3 Å². The number of aliphatic hydroxyl groups is 1. The highest BCUT2D eigenvalue weighted by molar-refractivity contribution is 5.64. The number of imidazole rings is 1. The quantitative estimate of drug-likeness (QED) is 0.318. The monoisotopic (exact) mass is 483 g/mol. The van der Waals surface area contributed by atoms with Crippen molar-refractivity contribution in [1.82, 2.24) is 14.5 Å². The summed E-state index contributed by atoms with van der Waals surface area (Å²) < 4.78 is 53.5. The van der Waals surface area contributed by atoms with Gasteiger partial charge in [-0.2, -0.15) is 13.2 Å². The fourth-order valence-corrected chi connectivity index (χ4v) is 3.97. The molecule has 1 heterocycles. The highest BCUT2D eigenvalue weighted by atomic mass is 19.4. The van der Waals surface area contributed by atoms with Crippen LogP contribution in [-0.2, 0) is 32.4 Å². The molecule has 0 aliphatic rings. The highest BCUT2D eigenvalue weighted by Gasteiger charge is 2.29. The summed E-state index contributed by atoms with van der Waals surface area (Å²) in [4.78, 5) is 6.42. The van der Waals surface area contributed by atoms with Crippen LogP contribution in [-0.4, -0.2) is 26.6 Å². The van der Waals surface area contributed by atoms with Gasteiger partial charge in [0.2, 0.25) is 0 Å². The molecule has 0 amide bonds. The standard InChI is InChI=1S/C27H25F4N3O/c1-33(15-19-4-12-24(28)13-5-19)17-25-14-32-26(18-35)34(25)16-20-2-6-21(7-3-20)22-8-10-23(11-9-22)27(29,30)31/h2-14,35H,15-18H2,1H3. The maximum atomic E-state index is 13.2. The van der Waals surface area contributed by atoms with Crippen molar-refractivity contribution in [2.75, 3.05) is 7.05 Å². The molecule has 0 bridgehead atoms. The maximum absolute atomic E-state index is 13.2. The van der Waals surface area contributed by atoms with Crippen LogP contribution in [0, 0.1) is 5.82 Å². The normalized spacial score (nSPS) is 11.9. The summed E-state index contributed by atoms with van der Waals surface area (Å²) in [5, 5.41) is 9.76. The number of hydrogen-bond donors (Lipinski definition) is 1. The Morgan fingerprint density at radius 1 is 0.829 bits per heavy atom. The van der Waals surface area contributed by atoms with E-state index in [0.29, 0.717) is 31.0 Å². The second-order valence-electron chi connectivity index (χ2n) is 8.48. The molecule has 0 spiro atoms. The Balaban J connectivity index is 1.47. The van der Waals surface area contributed by atoms with Crippen LogP contribution in [0.25, 0.3) is 11.1 Å². The van der Waals surface area contributed by atoms with E-state index in [4.69, 9.17) is 0 Å². The van der Waals surface area contributed by atoms with Gasteiger partial charge in [0, 0.05) is 25.8 Å². The number of hydrogen-bond acceptors (Lipinski definition) is 3. The Bertz CT molecular complexity index is 1250. The number of halogens is 4. The summed E-state index contributed by atoms with van der Waals surface area (Å²) in [6, 6.07) is 19.0. The molecule has 0 unspecified atom stereocenters. The molecule has 0 radical (unpaired) electrons. The van der Waals surface area contributed by atoms with Crippen LogP contribution in [0.4, 0.5) is 17.6 Å². The van der Waals surface area contributed by atoms with Crippen LogP contribution in [0.2, 0.25) is 0 Å².